The summed E-state index contributed by atoms with van der Waals surface area (Å²) in [6.07, 6.45) is 1.74. The Bertz CT molecular complexity index is 498. The van der Waals surface area contributed by atoms with Crippen molar-refractivity contribution in [3.05, 3.63) is 33.4 Å². The van der Waals surface area contributed by atoms with Crippen LogP contribution in [0.5, 0.6) is 0 Å². The van der Waals surface area contributed by atoms with E-state index in [1.54, 1.807) is 4.90 Å². The Morgan fingerprint density at radius 3 is 3.16 bits per heavy atom. The van der Waals surface area contributed by atoms with Crippen LogP contribution in [0.2, 0.25) is 0 Å². The molecule has 0 aromatic heterocycles. The Labute approximate surface area is 126 Å². The first-order chi connectivity index (χ1) is 9.20. The van der Waals surface area contributed by atoms with Crippen LogP contribution in [0.4, 0.5) is 0 Å². The highest BCUT2D eigenvalue weighted by Crippen LogP contribution is 2.16. The SMILES string of the molecule is N#CC1CCCN1C(=O)CNCc1cccc(I)c1. The molecule has 1 aromatic carbocycles. The number of halogens is 1. The molecule has 1 fully saturated rings. The zero-order valence-electron chi connectivity index (χ0n) is 10.6. The molecule has 4 nitrogen and oxygen atoms in total. The maximum atomic E-state index is 12.0. The number of nitrogens with one attached hydrogen (secondary N) is 1. The highest BCUT2D eigenvalue weighted by Gasteiger charge is 2.27. The smallest absolute Gasteiger partial charge is 0.237 e. The largest absolute Gasteiger partial charge is 0.326 e. The number of nitriles is 1. The third-order valence-corrected chi connectivity index (χ3v) is 3.89. The summed E-state index contributed by atoms with van der Waals surface area (Å²) in [4.78, 5) is 13.7. The van der Waals surface area contributed by atoms with Crippen LogP contribution in [0.15, 0.2) is 24.3 Å². The van der Waals surface area contributed by atoms with Gasteiger partial charge in [-0.05, 0) is 53.1 Å². The van der Waals surface area contributed by atoms with E-state index >= 15 is 0 Å². The highest BCUT2D eigenvalue weighted by molar-refractivity contribution is 14.1. The van der Waals surface area contributed by atoms with Gasteiger partial charge in [-0.1, -0.05) is 12.1 Å². The second kappa shape index (κ2) is 6.87. The summed E-state index contributed by atoms with van der Waals surface area (Å²) < 4.78 is 1.19. The van der Waals surface area contributed by atoms with E-state index in [0.717, 1.165) is 18.4 Å². The molecule has 1 aliphatic heterocycles. The summed E-state index contributed by atoms with van der Waals surface area (Å²) in [6, 6.07) is 10.1. The van der Waals surface area contributed by atoms with Gasteiger partial charge in [-0.2, -0.15) is 5.26 Å². The average molecular weight is 369 g/mol. The lowest BCUT2D eigenvalue weighted by Gasteiger charge is -2.19. The normalized spacial score (nSPS) is 18.3. The average Bonchev–Trinajstić information content (AvgIpc) is 2.87. The van der Waals surface area contributed by atoms with E-state index in [1.165, 1.54) is 3.57 Å². The molecule has 1 aromatic rings. The molecule has 0 bridgehead atoms. The lowest BCUT2D eigenvalue weighted by atomic mass is 10.2. The summed E-state index contributed by atoms with van der Waals surface area (Å²) in [5.74, 6) is 0.0229. The van der Waals surface area contributed by atoms with E-state index in [1.807, 2.05) is 18.2 Å². The number of hydrogen-bond donors (Lipinski definition) is 1. The Morgan fingerprint density at radius 1 is 1.58 bits per heavy atom. The van der Waals surface area contributed by atoms with Gasteiger partial charge >= 0.3 is 0 Å². The zero-order chi connectivity index (χ0) is 13.7. The van der Waals surface area contributed by atoms with Gasteiger partial charge in [0.2, 0.25) is 5.91 Å². The Kier molecular flexibility index (Phi) is 5.16. The Balaban J connectivity index is 1.80. The quantitative estimate of drug-likeness (QED) is 0.825. The fourth-order valence-corrected chi connectivity index (χ4v) is 2.87. The predicted molar refractivity (Wildman–Crippen MR) is 81.2 cm³/mol. The van der Waals surface area contributed by atoms with Crippen molar-refractivity contribution in [1.82, 2.24) is 10.2 Å². The van der Waals surface area contributed by atoms with Crippen LogP contribution in [0, 0.1) is 14.9 Å². The number of hydrogen-bond acceptors (Lipinski definition) is 3. The fraction of sp³-hybridized carbons (Fsp3) is 0.429. The van der Waals surface area contributed by atoms with E-state index in [0.29, 0.717) is 19.6 Å². The minimum atomic E-state index is -0.230. The molecular weight excluding hydrogens is 353 g/mol. The summed E-state index contributed by atoms with van der Waals surface area (Å²) >= 11 is 2.27. The fourth-order valence-electron chi connectivity index (χ4n) is 2.26. The topological polar surface area (TPSA) is 56.1 Å². The first-order valence-corrected chi connectivity index (χ1v) is 7.43. The summed E-state index contributed by atoms with van der Waals surface area (Å²) in [6.45, 7) is 1.68. The standard InChI is InChI=1S/C14H16IN3O/c15-12-4-1-3-11(7-12)9-17-10-14(19)18-6-2-5-13(18)8-16/h1,3-4,7,13,17H,2,5-6,9-10H2. The number of nitrogens with zero attached hydrogens (tertiary/aromatic N) is 2. The van der Waals surface area contributed by atoms with Gasteiger partial charge < -0.3 is 10.2 Å². The predicted octanol–water partition coefficient (Wildman–Crippen LogP) is 1.90. The number of likely N-dealkylation sites (tertiary alicyclic amines) is 1. The van der Waals surface area contributed by atoms with E-state index in [9.17, 15) is 4.79 Å². The molecular formula is C14H16IN3O. The van der Waals surface area contributed by atoms with Crippen LogP contribution in [-0.2, 0) is 11.3 Å². The molecule has 0 radical (unpaired) electrons. The van der Waals surface area contributed by atoms with Crippen LogP contribution >= 0.6 is 22.6 Å². The third kappa shape index (κ3) is 3.91. The van der Waals surface area contributed by atoms with Crippen molar-refractivity contribution in [2.75, 3.05) is 13.1 Å². The van der Waals surface area contributed by atoms with Gasteiger partial charge in [-0.15, -0.1) is 0 Å². The number of carbonyl (C=O) groups is 1. The molecule has 1 unspecified atom stereocenters. The Hall–Kier alpha value is -1.13. The molecule has 2 rings (SSSR count). The van der Waals surface area contributed by atoms with E-state index in [-0.39, 0.29) is 11.9 Å². The number of rotatable bonds is 4. The van der Waals surface area contributed by atoms with Crippen molar-refractivity contribution in [3.8, 4) is 6.07 Å². The summed E-state index contributed by atoms with van der Waals surface area (Å²) in [5.41, 5.74) is 1.16. The van der Waals surface area contributed by atoms with Gasteiger partial charge in [0.05, 0.1) is 12.6 Å². The molecule has 0 saturated carbocycles. The first-order valence-electron chi connectivity index (χ1n) is 6.35. The third-order valence-electron chi connectivity index (χ3n) is 3.22. The van der Waals surface area contributed by atoms with Crippen LogP contribution < -0.4 is 5.32 Å². The molecule has 5 heteroatoms. The first kappa shape index (κ1) is 14.3. The van der Waals surface area contributed by atoms with Crippen molar-refractivity contribution in [1.29, 1.82) is 5.26 Å². The monoisotopic (exact) mass is 369 g/mol. The molecule has 1 atom stereocenters. The molecule has 1 saturated heterocycles. The van der Waals surface area contributed by atoms with Gasteiger partial charge in [0.15, 0.2) is 0 Å². The minimum Gasteiger partial charge on any atom is -0.326 e. The van der Waals surface area contributed by atoms with Crippen LogP contribution in [0.1, 0.15) is 18.4 Å². The minimum absolute atomic E-state index is 0.0229. The molecule has 0 spiro atoms. The molecule has 19 heavy (non-hydrogen) atoms. The van der Waals surface area contributed by atoms with Crippen molar-refractivity contribution < 1.29 is 4.79 Å². The van der Waals surface area contributed by atoms with Crippen LogP contribution in [0.25, 0.3) is 0 Å². The number of amides is 1. The molecule has 0 aliphatic carbocycles. The lowest BCUT2D eigenvalue weighted by Crippen LogP contribution is -2.40. The lowest BCUT2D eigenvalue weighted by molar-refractivity contribution is -0.130. The summed E-state index contributed by atoms with van der Waals surface area (Å²) in [7, 11) is 0. The number of benzene rings is 1. The second-order valence-electron chi connectivity index (χ2n) is 4.61. The summed E-state index contributed by atoms with van der Waals surface area (Å²) in [5, 5.41) is 12.1. The van der Waals surface area contributed by atoms with E-state index in [2.05, 4.69) is 40.0 Å². The van der Waals surface area contributed by atoms with Crippen molar-refractivity contribution in [2.45, 2.75) is 25.4 Å². The molecule has 1 heterocycles. The van der Waals surface area contributed by atoms with Gasteiger partial charge in [-0.3, -0.25) is 4.79 Å². The van der Waals surface area contributed by atoms with Crippen LogP contribution in [-0.4, -0.2) is 29.9 Å². The van der Waals surface area contributed by atoms with E-state index < -0.39 is 0 Å². The van der Waals surface area contributed by atoms with Gasteiger partial charge in [0.25, 0.3) is 0 Å². The van der Waals surface area contributed by atoms with Gasteiger partial charge in [0.1, 0.15) is 6.04 Å². The van der Waals surface area contributed by atoms with E-state index in [4.69, 9.17) is 5.26 Å². The van der Waals surface area contributed by atoms with Crippen molar-refractivity contribution in [3.63, 3.8) is 0 Å². The number of carbonyl (C=O) groups excluding carboxylic acids is 1. The van der Waals surface area contributed by atoms with Crippen molar-refractivity contribution >= 4 is 28.5 Å². The maximum absolute atomic E-state index is 12.0. The highest BCUT2D eigenvalue weighted by atomic mass is 127. The van der Waals surface area contributed by atoms with Gasteiger partial charge in [-0.25, -0.2) is 0 Å². The second-order valence-corrected chi connectivity index (χ2v) is 5.85. The molecule has 1 aliphatic rings. The van der Waals surface area contributed by atoms with Crippen LogP contribution in [0.3, 0.4) is 0 Å². The Morgan fingerprint density at radius 2 is 2.42 bits per heavy atom. The van der Waals surface area contributed by atoms with Crippen molar-refractivity contribution in [2.24, 2.45) is 0 Å². The zero-order valence-corrected chi connectivity index (χ0v) is 12.8. The maximum Gasteiger partial charge on any atom is 0.237 e. The molecule has 1 N–H and O–H groups in total. The molecule has 1 amide bonds. The van der Waals surface area contributed by atoms with Gasteiger partial charge in [0, 0.05) is 16.7 Å². The molecule has 100 valence electrons.